The molecule has 0 bridgehead atoms. The van der Waals surface area contributed by atoms with E-state index in [0.29, 0.717) is 11.8 Å². The fraction of sp³-hybridized carbons (Fsp3) is 0.917. The fourth-order valence-corrected chi connectivity index (χ4v) is 2.14. The first kappa shape index (κ1) is 12.3. The number of hydrogen-bond donors (Lipinski definition) is 0. The summed E-state index contributed by atoms with van der Waals surface area (Å²) in [6, 6.07) is 0. The topological polar surface area (TPSA) is 29.5 Å². The van der Waals surface area contributed by atoms with Crippen molar-refractivity contribution in [1.29, 1.82) is 0 Å². The minimum Gasteiger partial charge on any atom is -0.444 e. The van der Waals surface area contributed by atoms with E-state index in [2.05, 4.69) is 13.8 Å². The molecule has 3 nitrogen and oxygen atoms in total. The molecule has 1 aliphatic heterocycles. The third-order valence-corrected chi connectivity index (χ3v) is 2.52. The highest BCUT2D eigenvalue weighted by molar-refractivity contribution is 5.68. The summed E-state index contributed by atoms with van der Waals surface area (Å²) in [5.74, 6) is 1.17. The van der Waals surface area contributed by atoms with E-state index >= 15 is 0 Å². The van der Waals surface area contributed by atoms with Crippen LogP contribution in [-0.4, -0.2) is 29.7 Å². The predicted octanol–water partition coefficient (Wildman–Crippen LogP) is 2.90. The van der Waals surface area contributed by atoms with Crippen molar-refractivity contribution in [2.24, 2.45) is 11.8 Å². The van der Waals surface area contributed by atoms with E-state index in [0.717, 1.165) is 13.1 Å². The molecule has 0 spiro atoms. The van der Waals surface area contributed by atoms with Crippen LogP contribution in [0.1, 0.15) is 41.0 Å². The molecule has 0 aromatic rings. The van der Waals surface area contributed by atoms with Crippen molar-refractivity contribution in [2.45, 2.75) is 46.6 Å². The van der Waals surface area contributed by atoms with E-state index in [9.17, 15) is 4.79 Å². The number of rotatable bonds is 0. The molecule has 1 saturated heterocycles. The van der Waals surface area contributed by atoms with Gasteiger partial charge in [-0.15, -0.1) is 0 Å². The van der Waals surface area contributed by atoms with Crippen LogP contribution in [0.5, 0.6) is 0 Å². The van der Waals surface area contributed by atoms with Crippen LogP contribution in [0.2, 0.25) is 0 Å². The average Bonchev–Trinajstić information content (AvgIpc) is 1.98. The normalized spacial score (nSPS) is 27.7. The maximum atomic E-state index is 11.8. The second-order valence-corrected chi connectivity index (χ2v) is 5.83. The molecular formula is C12H23NO2. The molecule has 0 N–H and O–H groups in total. The molecule has 1 heterocycles. The molecule has 1 aliphatic rings. The van der Waals surface area contributed by atoms with Crippen molar-refractivity contribution in [3.05, 3.63) is 0 Å². The molecule has 3 heteroatoms. The minimum atomic E-state index is -0.388. The van der Waals surface area contributed by atoms with Crippen molar-refractivity contribution in [2.75, 3.05) is 13.1 Å². The van der Waals surface area contributed by atoms with Gasteiger partial charge in [0.05, 0.1) is 0 Å². The number of hydrogen-bond acceptors (Lipinski definition) is 2. The van der Waals surface area contributed by atoms with Crippen LogP contribution in [0.15, 0.2) is 0 Å². The Balaban J connectivity index is 2.52. The molecule has 0 radical (unpaired) electrons. The van der Waals surface area contributed by atoms with Crippen LogP contribution in [0, 0.1) is 11.8 Å². The summed E-state index contributed by atoms with van der Waals surface area (Å²) in [6.07, 6.45) is 1.04. The third kappa shape index (κ3) is 4.10. The first-order chi connectivity index (χ1) is 6.78. The first-order valence-corrected chi connectivity index (χ1v) is 5.76. The zero-order valence-corrected chi connectivity index (χ0v) is 10.5. The summed E-state index contributed by atoms with van der Waals surface area (Å²) in [5.41, 5.74) is -0.388. The van der Waals surface area contributed by atoms with Crippen LogP contribution >= 0.6 is 0 Å². The van der Waals surface area contributed by atoms with Gasteiger partial charge in [-0.2, -0.15) is 0 Å². The molecular weight excluding hydrogens is 190 g/mol. The van der Waals surface area contributed by atoms with Gasteiger partial charge in [0, 0.05) is 13.1 Å². The molecule has 2 atom stereocenters. The highest BCUT2D eigenvalue weighted by Gasteiger charge is 2.28. The first-order valence-electron chi connectivity index (χ1n) is 5.76. The number of nitrogens with zero attached hydrogens (tertiary/aromatic N) is 1. The SMILES string of the molecule is C[C@@H]1C[C@H](C)CN(C(=O)OC(C)(C)C)C1. The smallest absolute Gasteiger partial charge is 0.410 e. The Morgan fingerprint density at radius 1 is 1.20 bits per heavy atom. The Hall–Kier alpha value is -0.730. The molecule has 1 fully saturated rings. The van der Waals surface area contributed by atoms with Gasteiger partial charge in [0.2, 0.25) is 0 Å². The van der Waals surface area contributed by atoms with Crippen LogP contribution in [0.25, 0.3) is 0 Å². The zero-order valence-electron chi connectivity index (χ0n) is 10.5. The Labute approximate surface area is 92.8 Å². The van der Waals surface area contributed by atoms with E-state index in [-0.39, 0.29) is 11.7 Å². The number of piperidine rings is 1. The van der Waals surface area contributed by atoms with E-state index in [4.69, 9.17) is 4.74 Å². The lowest BCUT2D eigenvalue weighted by atomic mass is 9.92. The molecule has 0 aromatic heterocycles. The number of amides is 1. The summed E-state index contributed by atoms with van der Waals surface area (Å²) in [4.78, 5) is 13.6. The summed E-state index contributed by atoms with van der Waals surface area (Å²) < 4.78 is 5.36. The quantitative estimate of drug-likeness (QED) is 0.619. The third-order valence-electron chi connectivity index (χ3n) is 2.52. The van der Waals surface area contributed by atoms with Gasteiger partial charge < -0.3 is 9.64 Å². The van der Waals surface area contributed by atoms with Gasteiger partial charge in [-0.05, 0) is 39.0 Å². The monoisotopic (exact) mass is 213 g/mol. The number of likely N-dealkylation sites (tertiary alicyclic amines) is 1. The van der Waals surface area contributed by atoms with Gasteiger partial charge in [0.1, 0.15) is 5.60 Å². The lowest BCUT2D eigenvalue weighted by molar-refractivity contribution is 0.0120. The fourth-order valence-electron chi connectivity index (χ4n) is 2.14. The Morgan fingerprint density at radius 2 is 1.67 bits per heavy atom. The van der Waals surface area contributed by atoms with Gasteiger partial charge in [-0.25, -0.2) is 4.79 Å². The van der Waals surface area contributed by atoms with Gasteiger partial charge in [-0.1, -0.05) is 13.8 Å². The zero-order chi connectivity index (χ0) is 11.6. The van der Waals surface area contributed by atoms with Crippen molar-refractivity contribution in [3.63, 3.8) is 0 Å². The largest absolute Gasteiger partial charge is 0.444 e. The van der Waals surface area contributed by atoms with E-state index < -0.39 is 0 Å². The van der Waals surface area contributed by atoms with Crippen LogP contribution < -0.4 is 0 Å². The van der Waals surface area contributed by atoms with E-state index in [1.165, 1.54) is 6.42 Å². The van der Waals surface area contributed by atoms with Crippen LogP contribution in [-0.2, 0) is 4.74 Å². The van der Waals surface area contributed by atoms with Gasteiger partial charge in [0.15, 0.2) is 0 Å². The maximum absolute atomic E-state index is 11.8. The summed E-state index contributed by atoms with van der Waals surface area (Å²) in [6.45, 7) is 11.8. The number of ether oxygens (including phenoxy) is 1. The second-order valence-electron chi connectivity index (χ2n) is 5.83. The molecule has 15 heavy (non-hydrogen) atoms. The average molecular weight is 213 g/mol. The highest BCUT2D eigenvalue weighted by atomic mass is 16.6. The van der Waals surface area contributed by atoms with Crippen LogP contribution in [0.4, 0.5) is 4.79 Å². The van der Waals surface area contributed by atoms with Crippen molar-refractivity contribution in [3.8, 4) is 0 Å². The summed E-state index contributed by atoms with van der Waals surface area (Å²) >= 11 is 0. The Kier molecular flexibility index (Phi) is 3.63. The molecule has 88 valence electrons. The van der Waals surface area contributed by atoms with Gasteiger partial charge in [0.25, 0.3) is 0 Å². The van der Waals surface area contributed by atoms with Gasteiger partial charge >= 0.3 is 6.09 Å². The van der Waals surface area contributed by atoms with Crippen LogP contribution in [0.3, 0.4) is 0 Å². The Bertz CT molecular complexity index is 222. The molecule has 1 amide bonds. The second kappa shape index (κ2) is 4.42. The Morgan fingerprint density at radius 3 is 2.07 bits per heavy atom. The van der Waals surface area contributed by atoms with E-state index in [1.807, 2.05) is 25.7 Å². The van der Waals surface area contributed by atoms with Crippen molar-refractivity contribution >= 4 is 6.09 Å². The molecule has 1 rings (SSSR count). The molecule has 0 unspecified atom stereocenters. The molecule has 0 aliphatic carbocycles. The number of carbonyl (C=O) groups excluding carboxylic acids is 1. The van der Waals surface area contributed by atoms with Crippen molar-refractivity contribution in [1.82, 2.24) is 4.90 Å². The lowest BCUT2D eigenvalue weighted by Gasteiger charge is -2.35. The highest BCUT2D eigenvalue weighted by Crippen LogP contribution is 2.22. The predicted molar refractivity (Wildman–Crippen MR) is 60.8 cm³/mol. The minimum absolute atomic E-state index is 0.166. The van der Waals surface area contributed by atoms with E-state index in [1.54, 1.807) is 0 Å². The summed E-state index contributed by atoms with van der Waals surface area (Å²) in [5, 5.41) is 0. The van der Waals surface area contributed by atoms with Crippen molar-refractivity contribution < 1.29 is 9.53 Å². The maximum Gasteiger partial charge on any atom is 0.410 e. The standard InChI is InChI=1S/C12H23NO2/c1-9-6-10(2)8-13(7-9)11(14)15-12(3,4)5/h9-10H,6-8H2,1-5H3/t9-,10+. The number of carbonyl (C=O) groups is 1. The van der Waals surface area contributed by atoms with Gasteiger partial charge in [-0.3, -0.25) is 0 Å². The molecule has 0 aromatic carbocycles. The molecule has 0 saturated carbocycles. The lowest BCUT2D eigenvalue weighted by Crippen LogP contribution is -2.44. The summed E-state index contributed by atoms with van der Waals surface area (Å²) in [7, 11) is 0.